The molecule has 0 saturated heterocycles. The zero-order chi connectivity index (χ0) is 11.5. The highest BCUT2D eigenvalue weighted by Crippen LogP contribution is 2.37. The highest BCUT2D eigenvalue weighted by atomic mass is 16.5. The minimum atomic E-state index is 0.186. The van der Waals surface area contributed by atoms with Crippen LogP contribution in [0.15, 0.2) is 18.3 Å². The Kier molecular flexibility index (Phi) is 3.32. The largest absolute Gasteiger partial charge is 0.487 e. The van der Waals surface area contributed by atoms with Crippen molar-refractivity contribution >= 4 is 5.82 Å². The van der Waals surface area contributed by atoms with Crippen LogP contribution < -0.4 is 10.1 Å². The van der Waals surface area contributed by atoms with Crippen molar-refractivity contribution in [3.8, 4) is 5.75 Å². The van der Waals surface area contributed by atoms with Gasteiger partial charge in [-0.2, -0.15) is 0 Å². The molecule has 1 N–H and O–H groups in total. The maximum absolute atomic E-state index is 5.72. The quantitative estimate of drug-likeness (QED) is 0.828. The average molecular weight is 220 g/mol. The summed E-state index contributed by atoms with van der Waals surface area (Å²) in [7, 11) is 0. The van der Waals surface area contributed by atoms with Crippen LogP contribution in [-0.2, 0) is 0 Å². The molecule has 1 saturated carbocycles. The number of hydrogen-bond acceptors (Lipinski definition) is 3. The van der Waals surface area contributed by atoms with Crippen LogP contribution in [0.3, 0.4) is 0 Å². The number of pyridine rings is 1. The maximum atomic E-state index is 5.72. The first-order valence-corrected chi connectivity index (χ1v) is 6.09. The fourth-order valence-electron chi connectivity index (χ4n) is 1.90. The van der Waals surface area contributed by atoms with Gasteiger partial charge in [-0.1, -0.05) is 13.3 Å². The molecule has 16 heavy (non-hydrogen) atoms. The number of anilines is 1. The van der Waals surface area contributed by atoms with E-state index in [0.29, 0.717) is 6.04 Å². The van der Waals surface area contributed by atoms with Gasteiger partial charge in [0.15, 0.2) is 11.6 Å². The molecular weight excluding hydrogens is 200 g/mol. The fourth-order valence-corrected chi connectivity index (χ4v) is 1.90. The van der Waals surface area contributed by atoms with Gasteiger partial charge in [0.2, 0.25) is 0 Å². The molecule has 2 unspecified atom stereocenters. The molecule has 1 fully saturated rings. The van der Waals surface area contributed by atoms with Crippen LogP contribution in [0.2, 0.25) is 0 Å². The van der Waals surface area contributed by atoms with Gasteiger partial charge in [-0.3, -0.25) is 0 Å². The van der Waals surface area contributed by atoms with Gasteiger partial charge in [0.1, 0.15) is 0 Å². The fraction of sp³-hybridized carbons (Fsp3) is 0.615. The predicted molar refractivity (Wildman–Crippen MR) is 65.8 cm³/mol. The van der Waals surface area contributed by atoms with Gasteiger partial charge < -0.3 is 10.1 Å². The van der Waals surface area contributed by atoms with E-state index in [1.807, 2.05) is 26.0 Å². The molecule has 88 valence electrons. The van der Waals surface area contributed by atoms with E-state index >= 15 is 0 Å². The van der Waals surface area contributed by atoms with Crippen molar-refractivity contribution in [2.75, 3.05) is 5.32 Å². The molecule has 0 amide bonds. The second-order valence-electron chi connectivity index (χ2n) is 4.67. The van der Waals surface area contributed by atoms with Crippen LogP contribution in [0.4, 0.5) is 5.82 Å². The lowest BCUT2D eigenvalue weighted by atomic mass is 10.3. The van der Waals surface area contributed by atoms with Crippen molar-refractivity contribution in [2.24, 2.45) is 5.92 Å². The van der Waals surface area contributed by atoms with Crippen LogP contribution in [0.1, 0.15) is 33.6 Å². The Morgan fingerprint density at radius 2 is 2.38 bits per heavy atom. The normalized spacial score (nSPS) is 23.2. The van der Waals surface area contributed by atoms with Gasteiger partial charge in [-0.05, 0) is 38.3 Å². The molecule has 0 radical (unpaired) electrons. The second kappa shape index (κ2) is 4.73. The molecule has 1 aliphatic rings. The van der Waals surface area contributed by atoms with Crippen molar-refractivity contribution in [3.05, 3.63) is 18.3 Å². The van der Waals surface area contributed by atoms with Gasteiger partial charge >= 0.3 is 0 Å². The van der Waals surface area contributed by atoms with E-state index in [-0.39, 0.29) is 6.10 Å². The number of nitrogens with zero attached hydrogens (tertiary/aromatic N) is 1. The average Bonchev–Trinajstić information content (AvgIpc) is 2.99. The van der Waals surface area contributed by atoms with E-state index in [9.17, 15) is 0 Å². The van der Waals surface area contributed by atoms with Crippen LogP contribution >= 0.6 is 0 Å². The number of aromatic nitrogens is 1. The molecule has 1 heterocycles. The lowest BCUT2D eigenvalue weighted by Crippen LogP contribution is -2.11. The van der Waals surface area contributed by atoms with Crippen LogP contribution in [0, 0.1) is 5.92 Å². The molecule has 2 atom stereocenters. The van der Waals surface area contributed by atoms with Crippen molar-refractivity contribution in [1.82, 2.24) is 4.98 Å². The SMILES string of the molecule is CCC1CC1Nc1ncccc1OC(C)C. The second-order valence-corrected chi connectivity index (χ2v) is 4.67. The van der Waals surface area contributed by atoms with Gasteiger partial charge in [0.05, 0.1) is 6.10 Å². The third-order valence-corrected chi connectivity index (χ3v) is 2.90. The topological polar surface area (TPSA) is 34.2 Å². The maximum Gasteiger partial charge on any atom is 0.168 e. The summed E-state index contributed by atoms with van der Waals surface area (Å²) in [5, 5.41) is 3.45. The number of nitrogens with one attached hydrogen (secondary N) is 1. The zero-order valence-electron chi connectivity index (χ0n) is 10.2. The molecule has 1 aliphatic carbocycles. The Bertz CT molecular complexity index is 352. The predicted octanol–water partition coefficient (Wildman–Crippen LogP) is 3.08. The minimum absolute atomic E-state index is 0.186. The van der Waals surface area contributed by atoms with Crippen molar-refractivity contribution < 1.29 is 4.74 Å². The third-order valence-electron chi connectivity index (χ3n) is 2.90. The molecule has 1 aromatic rings. The van der Waals surface area contributed by atoms with E-state index in [2.05, 4.69) is 17.2 Å². The van der Waals surface area contributed by atoms with E-state index in [0.717, 1.165) is 17.5 Å². The van der Waals surface area contributed by atoms with Gasteiger partial charge in [0.25, 0.3) is 0 Å². The van der Waals surface area contributed by atoms with Crippen molar-refractivity contribution in [1.29, 1.82) is 0 Å². The van der Waals surface area contributed by atoms with E-state index in [1.165, 1.54) is 12.8 Å². The van der Waals surface area contributed by atoms with Crippen LogP contribution in [0.5, 0.6) is 5.75 Å². The van der Waals surface area contributed by atoms with Crippen LogP contribution in [-0.4, -0.2) is 17.1 Å². The Morgan fingerprint density at radius 1 is 1.56 bits per heavy atom. The van der Waals surface area contributed by atoms with Gasteiger partial charge in [-0.25, -0.2) is 4.98 Å². The molecule has 3 heteroatoms. The van der Waals surface area contributed by atoms with Crippen molar-refractivity contribution in [2.45, 2.75) is 45.8 Å². The minimum Gasteiger partial charge on any atom is -0.487 e. The number of rotatable bonds is 5. The summed E-state index contributed by atoms with van der Waals surface area (Å²) in [6, 6.07) is 4.47. The molecule has 1 aromatic heterocycles. The summed E-state index contributed by atoms with van der Waals surface area (Å²) in [5.74, 6) is 2.56. The Labute approximate surface area is 97.2 Å². The first-order valence-electron chi connectivity index (χ1n) is 6.09. The summed E-state index contributed by atoms with van der Waals surface area (Å²) in [6.07, 6.45) is 4.49. The molecule has 2 rings (SSSR count). The summed E-state index contributed by atoms with van der Waals surface area (Å²) in [5.41, 5.74) is 0. The van der Waals surface area contributed by atoms with E-state index in [1.54, 1.807) is 6.20 Å². The Hall–Kier alpha value is -1.25. The third kappa shape index (κ3) is 2.65. The molecule has 0 bridgehead atoms. The van der Waals surface area contributed by atoms with Gasteiger partial charge in [-0.15, -0.1) is 0 Å². The smallest absolute Gasteiger partial charge is 0.168 e. The number of ether oxygens (including phenoxy) is 1. The summed E-state index contributed by atoms with van der Waals surface area (Å²) < 4.78 is 5.72. The highest BCUT2D eigenvalue weighted by Gasteiger charge is 2.35. The highest BCUT2D eigenvalue weighted by molar-refractivity contribution is 5.51. The summed E-state index contributed by atoms with van der Waals surface area (Å²) >= 11 is 0. The van der Waals surface area contributed by atoms with Gasteiger partial charge in [0, 0.05) is 12.2 Å². The molecule has 0 spiro atoms. The van der Waals surface area contributed by atoms with E-state index < -0.39 is 0 Å². The first-order chi connectivity index (χ1) is 7.70. The zero-order valence-corrected chi connectivity index (χ0v) is 10.2. The number of hydrogen-bond donors (Lipinski definition) is 1. The Balaban J connectivity index is 2.02. The molecule has 3 nitrogen and oxygen atoms in total. The van der Waals surface area contributed by atoms with E-state index in [4.69, 9.17) is 4.74 Å². The summed E-state index contributed by atoms with van der Waals surface area (Å²) in [6.45, 7) is 6.29. The molecule has 0 aliphatic heterocycles. The molecular formula is C13H20N2O. The summed E-state index contributed by atoms with van der Waals surface area (Å²) in [4.78, 5) is 4.34. The lowest BCUT2D eigenvalue weighted by molar-refractivity contribution is 0.243. The molecule has 0 aromatic carbocycles. The first kappa shape index (κ1) is 11.2. The lowest BCUT2D eigenvalue weighted by Gasteiger charge is -2.14. The Morgan fingerprint density at radius 3 is 3.00 bits per heavy atom. The standard InChI is InChI=1S/C13H20N2O/c1-4-10-8-11(10)15-13-12(16-9(2)3)6-5-7-14-13/h5-7,9-11H,4,8H2,1-3H3,(H,14,15). The van der Waals surface area contributed by atoms with Crippen LogP contribution in [0.25, 0.3) is 0 Å². The van der Waals surface area contributed by atoms with Crippen molar-refractivity contribution in [3.63, 3.8) is 0 Å². The monoisotopic (exact) mass is 220 g/mol.